The summed E-state index contributed by atoms with van der Waals surface area (Å²) < 4.78 is 11.6. The van der Waals surface area contributed by atoms with Crippen LogP contribution >= 0.6 is 0 Å². The van der Waals surface area contributed by atoms with Crippen LogP contribution in [0.4, 0.5) is 0 Å². The van der Waals surface area contributed by atoms with E-state index in [9.17, 15) is 14.7 Å². The van der Waals surface area contributed by atoms with Crippen molar-refractivity contribution in [2.75, 3.05) is 6.61 Å². The lowest BCUT2D eigenvalue weighted by molar-refractivity contribution is -0.151. The van der Waals surface area contributed by atoms with Crippen LogP contribution in [0.25, 0.3) is 0 Å². The summed E-state index contributed by atoms with van der Waals surface area (Å²) >= 11 is 0. The minimum atomic E-state index is -0.981. The molecular weight excluding hydrogens is 468 g/mol. The van der Waals surface area contributed by atoms with E-state index in [0.717, 1.165) is 56.9 Å². The molecule has 0 spiro atoms. The highest BCUT2D eigenvalue weighted by molar-refractivity contribution is 5.69. The summed E-state index contributed by atoms with van der Waals surface area (Å²) in [4.78, 5) is 23.5. The van der Waals surface area contributed by atoms with Gasteiger partial charge in [-0.2, -0.15) is 0 Å². The van der Waals surface area contributed by atoms with Gasteiger partial charge in [0.2, 0.25) is 0 Å². The largest absolute Gasteiger partial charge is 0.482 e. The molecule has 5 atom stereocenters. The van der Waals surface area contributed by atoms with Crippen LogP contribution in [0.2, 0.25) is 0 Å². The normalized spacial score (nSPS) is 23.2. The summed E-state index contributed by atoms with van der Waals surface area (Å²) in [6.45, 7) is 3.88. The van der Waals surface area contributed by atoms with Gasteiger partial charge in [-0.1, -0.05) is 70.9 Å². The molecule has 37 heavy (non-hydrogen) atoms. The molecule has 3 rings (SSSR count). The third-order valence-corrected chi connectivity index (χ3v) is 8.38. The first-order valence-corrected chi connectivity index (χ1v) is 14.8. The maximum atomic E-state index is 12.4. The van der Waals surface area contributed by atoms with Crippen molar-refractivity contribution in [1.29, 1.82) is 0 Å². The molecule has 0 aliphatic heterocycles. The van der Waals surface area contributed by atoms with E-state index in [2.05, 4.69) is 13.0 Å². The van der Waals surface area contributed by atoms with Gasteiger partial charge >= 0.3 is 11.9 Å². The number of carboxylic acid groups (broad SMARTS) is 1. The van der Waals surface area contributed by atoms with Crippen LogP contribution in [0.1, 0.15) is 108 Å². The van der Waals surface area contributed by atoms with Crippen LogP contribution in [0, 0.1) is 17.8 Å². The van der Waals surface area contributed by atoms with Crippen molar-refractivity contribution in [3.8, 4) is 5.75 Å². The highest BCUT2D eigenvalue weighted by Crippen LogP contribution is 2.49. The number of fused-ring (bicyclic) bond motifs is 2. The molecule has 2 aliphatic carbocycles. The fraction of sp³-hybridized carbons (Fsp3) is 0.742. The number of carboxylic acids is 1. The van der Waals surface area contributed by atoms with E-state index in [1.165, 1.54) is 44.1 Å². The summed E-state index contributed by atoms with van der Waals surface area (Å²) in [5, 5.41) is 19.8. The Balaban J connectivity index is 1.60. The number of rotatable bonds is 17. The smallest absolute Gasteiger partial charge is 0.341 e. The molecule has 0 radical (unpaired) electrons. The van der Waals surface area contributed by atoms with Crippen LogP contribution in [0.5, 0.6) is 5.75 Å². The second kappa shape index (κ2) is 15.4. The molecule has 2 aliphatic rings. The zero-order chi connectivity index (χ0) is 26.6. The fourth-order valence-corrected chi connectivity index (χ4v) is 6.48. The topological polar surface area (TPSA) is 93.1 Å². The van der Waals surface area contributed by atoms with Crippen molar-refractivity contribution in [3.63, 3.8) is 0 Å². The molecule has 0 heterocycles. The lowest BCUT2D eigenvalue weighted by atomic mass is 9.73. The number of hydrogen-bond donors (Lipinski definition) is 2. The Bertz CT molecular complexity index is 852. The Kier molecular flexibility index (Phi) is 12.2. The Hall–Kier alpha value is -2.08. The van der Waals surface area contributed by atoms with E-state index in [4.69, 9.17) is 14.6 Å². The Morgan fingerprint density at radius 3 is 2.49 bits per heavy atom. The standard InChI is InChI=1S/C31H48O6/c1-3-5-6-7-8-9-10-14-24(32)16-17-25-26-18-22-13-11-15-28(36-21-30(33)34)27(22)19-23(26)20-29(25)37-31(35)12-4-2/h11,13,15,23-26,29,32H,3-10,12,14,16-21H2,1-2H3,(H,33,34)/t23-,24-,25+,26-,29+/m0/s1. The number of carbonyl (C=O) groups excluding carboxylic acids is 1. The lowest BCUT2D eigenvalue weighted by Crippen LogP contribution is -2.29. The summed E-state index contributed by atoms with van der Waals surface area (Å²) in [5.74, 6) is 0.560. The van der Waals surface area contributed by atoms with Gasteiger partial charge in [-0.3, -0.25) is 4.79 Å². The summed E-state index contributed by atoms with van der Waals surface area (Å²) in [6, 6.07) is 5.90. The molecule has 0 amide bonds. The van der Waals surface area contributed by atoms with Crippen LogP contribution in [-0.2, 0) is 27.2 Å². The zero-order valence-electron chi connectivity index (χ0n) is 23.0. The number of aliphatic hydroxyl groups excluding tert-OH is 1. The Labute approximate surface area is 223 Å². The molecule has 1 saturated carbocycles. The van der Waals surface area contributed by atoms with E-state index < -0.39 is 5.97 Å². The van der Waals surface area contributed by atoms with Crippen LogP contribution in [-0.4, -0.2) is 41.0 Å². The Morgan fingerprint density at radius 1 is 1.00 bits per heavy atom. The molecule has 0 saturated heterocycles. The van der Waals surface area contributed by atoms with Crippen molar-refractivity contribution in [2.24, 2.45) is 17.8 Å². The summed E-state index contributed by atoms with van der Waals surface area (Å²) in [7, 11) is 0. The highest BCUT2D eigenvalue weighted by atomic mass is 16.5. The van der Waals surface area contributed by atoms with Crippen molar-refractivity contribution in [2.45, 2.75) is 122 Å². The third-order valence-electron chi connectivity index (χ3n) is 8.38. The predicted octanol–water partition coefficient (Wildman–Crippen LogP) is 6.49. The highest BCUT2D eigenvalue weighted by Gasteiger charge is 2.47. The van der Waals surface area contributed by atoms with Gasteiger partial charge in [0, 0.05) is 6.42 Å². The first-order chi connectivity index (χ1) is 17.9. The van der Waals surface area contributed by atoms with Crippen molar-refractivity contribution < 1.29 is 29.3 Å². The van der Waals surface area contributed by atoms with Gasteiger partial charge in [0.05, 0.1) is 6.10 Å². The second-order valence-electron chi connectivity index (χ2n) is 11.2. The maximum absolute atomic E-state index is 12.4. The average Bonchev–Trinajstić information content (AvgIpc) is 3.19. The molecule has 1 fully saturated rings. The molecule has 6 heteroatoms. The summed E-state index contributed by atoms with van der Waals surface area (Å²) in [6.07, 6.45) is 14.5. The van der Waals surface area contributed by atoms with Crippen molar-refractivity contribution in [1.82, 2.24) is 0 Å². The number of esters is 1. The average molecular weight is 517 g/mol. The molecule has 6 nitrogen and oxygen atoms in total. The van der Waals surface area contributed by atoms with Crippen LogP contribution < -0.4 is 4.74 Å². The zero-order valence-corrected chi connectivity index (χ0v) is 23.0. The van der Waals surface area contributed by atoms with E-state index >= 15 is 0 Å². The molecular formula is C31H48O6. The number of carbonyl (C=O) groups is 2. The van der Waals surface area contributed by atoms with E-state index in [1.54, 1.807) is 0 Å². The van der Waals surface area contributed by atoms with Gasteiger partial charge in [0.15, 0.2) is 6.61 Å². The number of aliphatic carboxylic acids is 1. The van der Waals surface area contributed by atoms with Gasteiger partial charge in [0.25, 0.3) is 0 Å². The number of unbranched alkanes of at least 4 members (excludes halogenated alkanes) is 6. The van der Waals surface area contributed by atoms with Crippen molar-refractivity contribution in [3.05, 3.63) is 29.3 Å². The van der Waals surface area contributed by atoms with E-state index in [1.807, 2.05) is 19.1 Å². The van der Waals surface area contributed by atoms with E-state index in [0.29, 0.717) is 24.0 Å². The summed E-state index contributed by atoms with van der Waals surface area (Å²) in [5.41, 5.74) is 2.31. The van der Waals surface area contributed by atoms with Crippen molar-refractivity contribution >= 4 is 11.9 Å². The van der Waals surface area contributed by atoms with Crippen LogP contribution in [0.15, 0.2) is 18.2 Å². The van der Waals surface area contributed by atoms with Crippen LogP contribution in [0.3, 0.4) is 0 Å². The molecule has 0 aromatic heterocycles. The molecule has 2 N–H and O–H groups in total. The van der Waals surface area contributed by atoms with Gasteiger partial charge in [-0.25, -0.2) is 4.79 Å². The third kappa shape index (κ3) is 9.01. The second-order valence-corrected chi connectivity index (χ2v) is 11.2. The quantitative estimate of drug-likeness (QED) is 0.181. The SMILES string of the molecule is CCCCCCCCC[C@H](O)CC[C@@H]1[C@H]2Cc3cccc(OCC(=O)O)c3C[C@H]2C[C@H]1OC(=O)CCC. The van der Waals surface area contributed by atoms with E-state index in [-0.39, 0.29) is 30.7 Å². The first-order valence-electron chi connectivity index (χ1n) is 14.8. The minimum absolute atomic E-state index is 0.113. The minimum Gasteiger partial charge on any atom is -0.482 e. The molecule has 1 aromatic rings. The number of hydrogen-bond acceptors (Lipinski definition) is 5. The van der Waals surface area contributed by atoms with Gasteiger partial charge < -0.3 is 19.7 Å². The molecule has 208 valence electrons. The fourth-order valence-electron chi connectivity index (χ4n) is 6.48. The monoisotopic (exact) mass is 516 g/mol. The van der Waals surface area contributed by atoms with Gasteiger partial charge in [0.1, 0.15) is 11.9 Å². The molecule has 1 aromatic carbocycles. The maximum Gasteiger partial charge on any atom is 0.341 e. The lowest BCUT2D eigenvalue weighted by Gasteiger charge is -2.32. The van der Waals surface area contributed by atoms with Gasteiger partial charge in [-0.15, -0.1) is 0 Å². The van der Waals surface area contributed by atoms with Gasteiger partial charge in [-0.05, 0) is 79.9 Å². The predicted molar refractivity (Wildman–Crippen MR) is 145 cm³/mol. The Morgan fingerprint density at radius 2 is 1.76 bits per heavy atom. The number of ether oxygens (including phenoxy) is 2. The number of benzene rings is 1. The first kappa shape index (κ1) is 29.5. The molecule has 0 bridgehead atoms. The number of aliphatic hydroxyl groups is 1. The molecule has 0 unspecified atom stereocenters.